The minimum Gasteiger partial charge on any atom is -0.508 e. The molecule has 1 amide bonds. The fraction of sp³-hybridized carbons (Fsp3) is 0.424. The summed E-state index contributed by atoms with van der Waals surface area (Å²) in [5.41, 5.74) is 10.3. The van der Waals surface area contributed by atoms with E-state index in [1.165, 1.54) is 6.07 Å². The van der Waals surface area contributed by atoms with E-state index in [4.69, 9.17) is 5.73 Å². The number of carbonyl (C=O) groups excluding carboxylic acids is 1. The van der Waals surface area contributed by atoms with Crippen molar-refractivity contribution < 1.29 is 14.3 Å². The first-order valence-electron chi connectivity index (χ1n) is 14.4. The van der Waals surface area contributed by atoms with E-state index in [1.54, 1.807) is 18.2 Å². The van der Waals surface area contributed by atoms with Crippen LogP contribution in [-0.4, -0.2) is 59.1 Å². The second-order valence-corrected chi connectivity index (χ2v) is 11.8. The van der Waals surface area contributed by atoms with Gasteiger partial charge in [-0.15, -0.1) is 24.8 Å². The third-order valence-corrected chi connectivity index (χ3v) is 8.68. The molecule has 2 aliphatic rings. The number of aromatic hydroxyl groups is 1. The number of phenolic OH excluding ortho intramolecular Hbond substituents is 1. The summed E-state index contributed by atoms with van der Waals surface area (Å²) in [7, 11) is 0. The van der Waals surface area contributed by atoms with Crippen molar-refractivity contribution in [1.29, 1.82) is 0 Å². The molecule has 3 atom stereocenters. The van der Waals surface area contributed by atoms with Gasteiger partial charge in [0.25, 0.3) is 5.91 Å². The molecule has 0 aliphatic carbocycles. The van der Waals surface area contributed by atoms with Crippen molar-refractivity contribution >= 4 is 36.4 Å². The number of carbonyl (C=O) groups is 1. The summed E-state index contributed by atoms with van der Waals surface area (Å²) in [6.45, 7) is 10.8. The van der Waals surface area contributed by atoms with E-state index in [9.17, 15) is 14.3 Å². The fourth-order valence-electron chi connectivity index (χ4n) is 6.38. The molecule has 0 radical (unpaired) electrons. The molecule has 3 N–H and O–H groups in total. The van der Waals surface area contributed by atoms with Crippen molar-refractivity contribution in [2.75, 3.05) is 31.1 Å². The van der Waals surface area contributed by atoms with Crippen LogP contribution in [0, 0.1) is 11.7 Å². The zero-order valence-corrected chi connectivity index (χ0v) is 26.2. The summed E-state index contributed by atoms with van der Waals surface area (Å²) in [5.74, 6) is 0.274. The molecule has 0 aromatic heterocycles. The van der Waals surface area contributed by atoms with E-state index in [2.05, 4.69) is 47.6 Å². The maximum Gasteiger partial charge on any atom is 0.250 e. The fourth-order valence-corrected chi connectivity index (χ4v) is 6.38. The Kier molecular flexibility index (Phi) is 11.7. The van der Waals surface area contributed by atoms with Crippen molar-refractivity contribution in [2.24, 2.45) is 11.7 Å². The summed E-state index contributed by atoms with van der Waals surface area (Å²) in [4.78, 5) is 19.6. The number of hydrogen-bond acceptors (Lipinski definition) is 5. The molecule has 2 heterocycles. The van der Waals surface area contributed by atoms with Crippen LogP contribution in [0.15, 0.2) is 66.7 Å². The molecule has 0 bridgehead atoms. The highest BCUT2D eigenvalue weighted by Crippen LogP contribution is 2.38. The Bertz CT molecular complexity index is 1350. The lowest BCUT2D eigenvalue weighted by Gasteiger charge is -2.48. The minimum atomic E-state index is -0.415. The van der Waals surface area contributed by atoms with Crippen LogP contribution in [0.25, 0.3) is 0 Å². The quantitative estimate of drug-likeness (QED) is 0.322. The summed E-state index contributed by atoms with van der Waals surface area (Å²) in [6, 6.07) is 20.6. The van der Waals surface area contributed by atoms with Gasteiger partial charge in [-0.2, -0.15) is 0 Å². The van der Waals surface area contributed by atoms with Crippen LogP contribution in [-0.2, 0) is 6.54 Å². The van der Waals surface area contributed by atoms with Gasteiger partial charge in [0.15, 0.2) is 0 Å². The maximum absolute atomic E-state index is 13.9. The van der Waals surface area contributed by atoms with Crippen molar-refractivity contribution in [3.63, 3.8) is 0 Å². The number of halogens is 3. The molecular weight excluding hydrogens is 574 g/mol. The predicted molar refractivity (Wildman–Crippen MR) is 172 cm³/mol. The van der Waals surface area contributed by atoms with Crippen LogP contribution in [0.2, 0.25) is 0 Å². The number of piperazine rings is 1. The van der Waals surface area contributed by atoms with E-state index in [-0.39, 0.29) is 54.5 Å². The highest BCUT2D eigenvalue weighted by molar-refractivity contribution is 5.99. The molecule has 2 saturated heterocycles. The van der Waals surface area contributed by atoms with Gasteiger partial charge in [-0.1, -0.05) is 37.3 Å². The highest BCUT2D eigenvalue weighted by atomic mass is 35.5. The summed E-state index contributed by atoms with van der Waals surface area (Å²) in [6.07, 6.45) is 2.17. The van der Waals surface area contributed by atoms with E-state index in [0.717, 1.165) is 61.4 Å². The van der Waals surface area contributed by atoms with Crippen molar-refractivity contribution in [2.45, 2.75) is 58.3 Å². The Morgan fingerprint density at radius 3 is 2.29 bits per heavy atom. The Labute approximate surface area is 261 Å². The number of piperidine rings is 1. The number of hydrogen-bond donors (Lipinski definition) is 2. The number of phenols is 1. The normalized spacial score (nSPS) is 20.8. The Morgan fingerprint density at radius 1 is 0.929 bits per heavy atom. The lowest BCUT2D eigenvalue weighted by molar-refractivity contribution is 0.0195. The molecule has 0 unspecified atom stereocenters. The molecule has 3 aromatic rings. The number of benzene rings is 3. The summed E-state index contributed by atoms with van der Waals surface area (Å²) >= 11 is 0. The van der Waals surface area contributed by atoms with Gasteiger partial charge in [-0.3, -0.25) is 14.6 Å². The molecule has 0 spiro atoms. The molecule has 228 valence electrons. The average molecular weight is 618 g/mol. The summed E-state index contributed by atoms with van der Waals surface area (Å²) in [5, 5.41) is 10.4. The zero-order chi connectivity index (χ0) is 28.4. The number of nitrogens with two attached hydrogens (primary N) is 1. The van der Waals surface area contributed by atoms with Crippen LogP contribution < -0.4 is 10.6 Å². The molecule has 2 fully saturated rings. The third-order valence-electron chi connectivity index (χ3n) is 8.68. The topological polar surface area (TPSA) is 73.0 Å². The molecule has 2 aliphatic heterocycles. The smallest absolute Gasteiger partial charge is 0.250 e. The lowest BCUT2D eigenvalue weighted by Crippen LogP contribution is -2.56. The van der Waals surface area contributed by atoms with E-state index in [1.807, 2.05) is 30.3 Å². The lowest BCUT2D eigenvalue weighted by atomic mass is 9.91. The first kappa shape index (κ1) is 33.7. The van der Waals surface area contributed by atoms with Gasteiger partial charge < -0.3 is 15.7 Å². The standard InChI is InChI=1S/C33H41FN4O2.2ClH/c1-22-12-14-36(15-13-22)31-18-27(10-11-30(31)33(35)40)32(26-7-5-9-29(39)17-26)38-20-23(2)37(19-24(38)3)21-25-6-4-8-28(34)16-25;;/h4-11,16-18,22-24,32,39H,12-15,19-21H2,1-3H3,(H2,35,40);2*1H/t23-,24+,32+;;/m1../s1. The number of anilines is 1. The minimum absolute atomic E-state index is 0. The molecule has 42 heavy (non-hydrogen) atoms. The highest BCUT2D eigenvalue weighted by Gasteiger charge is 2.35. The van der Waals surface area contributed by atoms with Crippen molar-refractivity contribution in [1.82, 2.24) is 9.80 Å². The van der Waals surface area contributed by atoms with Crippen molar-refractivity contribution in [3.05, 3.63) is 94.8 Å². The molecule has 6 nitrogen and oxygen atoms in total. The number of rotatable bonds is 7. The van der Waals surface area contributed by atoms with Crippen LogP contribution in [0.4, 0.5) is 10.1 Å². The summed E-state index contributed by atoms with van der Waals surface area (Å²) < 4.78 is 13.9. The maximum atomic E-state index is 13.9. The van der Waals surface area contributed by atoms with Gasteiger partial charge in [0, 0.05) is 50.5 Å². The Balaban J connectivity index is 0.00000242. The van der Waals surface area contributed by atoms with Crippen LogP contribution in [0.5, 0.6) is 5.75 Å². The average Bonchev–Trinajstić information content (AvgIpc) is 2.92. The van der Waals surface area contributed by atoms with E-state index in [0.29, 0.717) is 18.0 Å². The van der Waals surface area contributed by atoms with E-state index >= 15 is 0 Å². The van der Waals surface area contributed by atoms with Crippen LogP contribution in [0.1, 0.15) is 66.7 Å². The Hall–Kier alpha value is -2.84. The molecule has 5 rings (SSSR count). The second-order valence-electron chi connectivity index (χ2n) is 11.8. The van der Waals surface area contributed by atoms with Crippen LogP contribution in [0.3, 0.4) is 0 Å². The first-order valence-corrected chi connectivity index (χ1v) is 14.4. The Morgan fingerprint density at radius 2 is 1.62 bits per heavy atom. The molecule has 3 aromatic carbocycles. The second kappa shape index (κ2) is 14.6. The monoisotopic (exact) mass is 616 g/mol. The van der Waals surface area contributed by atoms with Gasteiger partial charge >= 0.3 is 0 Å². The number of primary amides is 1. The van der Waals surface area contributed by atoms with Gasteiger partial charge in [0.2, 0.25) is 0 Å². The SMILES string of the molecule is CC1CCN(c2cc([C@H](c3cccc(O)c3)N3C[C@@H](C)N(Cc4cccc(F)c4)C[C@@H]3C)ccc2C(N)=O)CC1.Cl.Cl. The third kappa shape index (κ3) is 7.56. The van der Waals surface area contributed by atoms with Gasteiger partial charge in [-0.25, -0.2) is 4.39 Å². The van der Waals surface area contributed by atoms with Gasteiger partial charge in [0.05, 0.1) is 11.6 Å². The van der Waals surface area contributed by atoms with Crippen LogP contribution >= 0.6 is 24.8 Å². The molecule has 9 heteroatoms. The molecule has 0 saturated carbocycles. The number of amides is 1. The first-order chi connectivity index (χ1) is 19.2. The van der Waals surface area contributed by atoms with Gasteiger partial charge in [0.1, 0.15) is 11.6 Å². The van der Waals surface area contributed by atoms with Crippen molar-refractivity contribution in [3.8, 4) is 5.75 Å². The molecular formula is C33H43Cl2FN4O2. The van der Waals surface area contributed by atoms with Gasteiger partial charge in [-0.05, 0) is 85.7 Å². The zero-order valence-electron chi connectivity index (χ0n) is 24.6. The number of nitrogens with zero attached hydrogens (tertiary/aromatic N) is 3. The van der Waals surface area contributed by atoms with E-state index < -0.39 is 5.91 Å². The largest absolute Gasteiger partial charge is 0.508 e. The predicted octanol–water partition coefficient (Wildman–Crippen LogP) is 6.39.